The SMILES string of the molecule is N#Cc1cccc(CNC(=O)Cc2csc(-c3cccc(F)c3)n2)c1. The normalized spacial score (nSPS) is 10.2. The largest absolute Gasteiger partial charge is 0.352 e. The van der Waals surface area contributed by atoms with Crippen LogP contribution in [0.25, 0.3) is 10.6 Å². The van der Waals surface area contributed by atoms with E-state index in [9.17, 15) is 9.18 Å². The summed E-state index contributed by atoms with van der Waals surface area (Å²) >= 11 is 1.38. The minimum Gasteiger partial charge on any atom is -0.352 e. The van der Waals surface area contributed by atoms with Crippen molar-refractivity contribution >= 4 is 17.2 Å². The predicted octanol–water partition coefficient (Wildman–Crippen LogP) is 3.68. The van der Waals surface area contributed by atoms with Crippen LogP contribution in [0, 0.1) is 17.1 Å². The van der Waals surface area contributed by atoms with Gasteiger partial charge in [-0.2, -0.15) is 5.26 Å². The highest BCUT2D eigenvalue weighted by Gasteiger charge is 2.09. The van der Waals surface area contributed by atoms with Gasteiger partial charge in [0.05, 0.1) is 23.7 Å². The number of nitrogens with zero attached hydrogens (tertiary/aromatic N) is 2. The summed E-state index contributed by atoms with van der Waals surface area (Å²) in [6, 6.07) is 15.4. The average molecular weight is 351 g/mol. The lowest BCUT2D eigenvalue weighted by molar-refractivity contribution is -0.120. The van der Waals surface area contributed by atoms with Crippen LogP contribution in [0.3, 0.4) is 0 Å². The Balaban J connectivity index is 1.59. The Hall–Kier alpha value is -3.04. The number of amides is 1. The Bertz CT molecular complexity index is 946. The molecule has 1 N–H and O–H groups in total. The van der Waals surface area contributed by atoms with Crippen LogP contribution in [0.4, 0.5) is 4.39 Å². The van der Waals surface area contributed by atoms with E-state index in [1.54, 1.807) is 35.7 Å². The number of thiazole rings is 1. The van der Waals surface area contributed by atoms with Crippen molar-refractivity contribution in [2.24, 2.45) is 0 Å². The molecule has 3 rings (SSSR count). The van der Waals surface area contributed by atoms with E-state index in [4.69, 9.17) is 5.26 Å². The van der Waals surface area contributed by atoms with Gasteiger partial charge in [-0.15, -0.1) is 11.3 Å². The predicted molar refractivity (Wildman–Crippen MR) is 94.2 cm³/mol. The van der Waals surface area contributed by atoms with Crippen molar-refractivity contribution in [1.82, 2.24) is 10.3 Å². The highest BCUT2D eigenvalue weighted by molar-refractivity contribution is 7.13. The summed E-state index contributed by atoms with van der Waals surface area (Å²) in [4.78, 5) is 16.5. The number of hydrogen-bond acceptors (Lipinski definition) is 4. The van der Waals surface area contributed by atoms with Gasteiger partial charge in [-0.1, -0.05) is 24.3 Å². The fourth-order valence-corrected chi connectivity index (χ4v) is 3.14. The first-order valence-electron chi connectivity index (χ1n) is 7.60. The number of nitriles is 1. The molecule has 0 bridgehead atoms. The lowest BCUT2D eigenvalue weighted by Gasteiger charge is -2.04. The van der Waals surface area contributed by atoms with Crippen LogP contribution in [0.15, 0.2) is 53.9 Å². The average Bonchev–Trinajstić information content (AvgIpc) is 3.08. The molecule has 0 spiro atoms. The molecule has 25 heavy (non-hydrogen) atoms. The molecule has 0 radical (unpaired) electrons. The highest BCUT2D eigenvalue weighted by atomic mass is 32.1. The van der Waals surface area contributed by atoms with Gasteiger partial charge >= 0.3 is 0 Å². The molecule has 0 unspecified atom stereocenters. The second kappa shape index (κ2) is 7.69. The number of halogens is 1. The molecule has 4 nitrogen and oxygen atoms in total. The molecule has 0 fully saturated rings. The van der Waals surface area contributed by atoms with Crippen molar-refractivity contribution in [1.29, 1.82) is 5.26 Å². The van der Waals surface area contributed by atoms with E-state index >= 15 is 0 Å². The first-order valence-corrected chi connectivity index (χ1v) is 8.48. The van der Waals surface area contributed by atoms with E-state index in [0.29, 0.717) is 28.4 Å². The molecule has 0 saturated carbocycles. The summed E-state index contributed by atoms with van der Waals surface area (Å²) in [7, 11) is 0. The summed E-state index contributed by atoms with van der Waals surface area (Å²) in [5.41, 5.74) is 2.77. The van der Waals surface area contributed by atoms with Crippen LogP contribution in [0.5, 0.6) is 0 Å². The minimum absolute atomic E-state index is 0.154. The van der Waals surface area contributed by atoms with Gasteiger partial charge in [-0.25, -0.2) is 9.37 Å². The first-order chi connectivity index (χ1) is 12.1. The molecular formula is C19H14FN3OS. The maximum absolute atomic E-state index is 13.3. The van der Waals surface area contributed by atoms with Gasteiger partial charge in [-0.3, -0.25) is 4.79 Å². The monoisotopic (exact) mass is 351 g/mol. The third-order valence-electron chi connectivity index (χ3n) is 3.51. The Kier molecular flexibility index (Phi) is 5.17. The molecule has 1 amide bonds. The van der Waals surface area contributed by atoms with Crippen LogP contribution in [-0.4, -0.2) is 10.9 Å². The zero-order valence-electron chi connectivity index (χ0n) is 13.2. The van der Waals surface area contributed by atoms with Crippen LogP contribution in [-0.2, 0) is 17.8 Å². The van der Waals surface area contributed by atoms with Gasteiger partial charge in [0, 0.05) is 17.5 Å². The van der Waals surface area contributed by atoms with Gasteiger partial charge < -0.3 is 5.32 Å². The number of benzene rings is 2. The van der Waals surface area contributed by atoms with E-state index in [1.165, 1.54) is 23.5 Å². The second-order valence-corrected chi connectivity index (χ2v) is 6.28. The summed E-state index contributed by atoms with van der Waals surface area (Å²) in [5, 5.41) is 14.2. The molecule has 0 aliphatic carbocycles. The fourth-order valence-electron chi connectivity index (χ4n) is 2.32. The fraction of sp³-hybridized carbons (Fsp3) is 0.105. The third-order valence-corrected chi connectivity index (χ3v) is 4.45. The molecule has 0 atom stereocenters. The van der Waals surface area contributed by atoms with Crippen LogP contribution >= 0.6 is 11.3 Å². The van der Waals surface area contributed by atoms with Crippen LogP contribution in [0.2, 0.25) is 0 Å². The molecule has 0 aliphatic heterocycles. The Morgan fingerprint density at radius 2 is 2.08 bits per heavy atom. The third kappa shape index (κ3) is 4.49. The summed E-state index contributed by atoms with van der Waals surface area (Å²) in [6.07, 6.45) is 0.157. The van der Waals surface area contributed by atoms with E-state index < -0.39 is 0 Å². The van der Waals surface area contributed by atoms with Crippen molar-refractivity contribution < 1.29 is 9.18 Å². The molecule has 124 valence electrons. The second-order valence-electron chi connectivity index (χ2n) is 5.42. The number of aromatic nitrogens is 1. The molecule has 1 heterocycles. The van der Waals surface area contributed by atoms with Crippen molar-refractivity contribution in [3.63, 3.8) is 0 Å². The molecule has 0 saturated heterocycles. The van der Waals surface area contributed by atoms with Gasteiger partial charge in [-0.05, 0) is 29.8 Å². The summed E-state index contributed by atoms with van der Waals surface area (Å²) in [5.74, 6) is -0.468. The van der Waals surface area contributed by atoms with Gasteiger partial charge in [0.1, 0.15) is 10.8 Å². The van der Waals surface area contributed by atoms with Crippen molar-refractivity contribution in [3.8, 4) is 16.6 Å². The quantitative estimate of drug-likeness (QED) is 0.762. The molecule has 0 aliphatic rings. The molecule has 6 heteroatoms. The Labute approximate surface area is 148 Å². The molecule has 3 aromatic rings. The number of nitrogens with one attached hydrogen (secondary N) is 1. The van der Waals surface area contributed by atoms with Crippen molar-refractivity contribution in [2.45, 2.75) is 13.0 Å². The van der Waals surface area contributed by atoms with Crippen molar-refractivity contribution in [3.05, 3.63) is 76.5 Å². The lowest BCUT2D eigenvalue weighted by Crippen LogP contribution is -2.24. The zero-order chi connectivity index (χ0) is 17.6. The Morgan fingerprint density at radius 3 is 2.88 bits per heavy atom. The lowest BCUT2D eigenvalue weighted by atomic mass is 10.1. The van der Waals surface area contributed by atoms with Crippen LogP contribution < -0.4 is 5.32 Å². The smallest absolute Gasteiger partial charge is 0.226 e. The molecule has 2 aromatic carbocycles. The maximum Gasteiger partial charge on any atom is 0.226 e. The first kappa shape index (κ1) is 16.8. The van der Waals surface area contributed by atoms with Crippen molar-refractivity contribution in [2.75, 3.05) is 0 Å². The van der Waals surface area contributed by atoms with E-state index in [2.05, 4.69) is 16.4 Å². The highest BCUT2D eigenvalue weighted by Crippen LogP contribution is 2.24. The number of hydrogen-bond donors (Lipinski definition) is 1. The van der Waals surface area contributed by atoms with Gasteiger partial charge in [0.2, 0.25) is 5.91 Å². The van der Waals surface area contributed by atoms with E-state index in [1.807, 2.05) is 6.07 Å². The zero-order valence-corrected chi connectivity index (χ0v) is 14.0. The minimum atomic E-state index is -0.313. The Morgan fingerprint density at radius 1 is 1.24 bits per heavy atom. The maximum atomic E-state index is 13.3. The summed E-state index contributed by atoms with van der Waals surface area (Å²) < 4.78 is 13.3. The number of rotatable bonds is 5. The molecule has 1 aromatic heterocycles. The number of carbonyl (C=O) groups is 1. The van der Waals surface area contributed by atoms with Crippen LogP contribution in [0.1, 0.15) is 16.8 Å². The van der Waals surface area contributed by atoms with E-state index in [-0.39, 0.29) is 18.1 Å². The summed E-state index contributed by atoms with van der Waals surface area (Å²) in [6.45, 7) is 0.356. The van der Waals surface area contributed by atoms with Gasteiger partial charge in [0.25, 0.3) is 0 Å². The standard InChI is InChI=1S/C19H14FN3OS/c20-16-6-2-5-15(8-16)19-23-17(12-25-19)9-18(24)22-11-14-4-1-3-13(7-14)10-21/h1-8,12H,9,11H2,(H,22,24). The van der Waals surface area contributed by atoms with E-state index in [0.717, 1.165) is 5.56 Å². The topological polar surface area (TPSA) is 65.8 Å². The number of carbonyl (C=O) groups excluding carboxylic acids is 1. The molecular weight excluding hydrogens is 337 g/mol. The van der Waals surface area contributed by atoms with Gasteiger partial charge in [0.15, 0.2) is 0 Å².